The van der Waals surface area contributed by atoms with Gasteiger partial charge in [0, 0.05) is 20.6 Å². The maximum Gasteiger partial charge on any atom is 0.244 e. The van der Waals surface area contributed by atoms with E-state index < -0.39 is 0 Å². The molecule has 0 aliphatic carbocycles. The van der Waals surface area contributed by atoms with Gasteiger partial charge in [0.25, 0.3) is 0 Å². The second-order valence-corrected chi connectivity index (χ2v) is 6.05. The number of amides is 2. The van der Waals surface area contributed by atoms with Gasteiger partial charge in [-0.2, -0.15) is 0 Å². The molecule has 2 atom stereocenters. The third-order valence-electron chi connectivity index (χ3n) is 3.08. The molecule has 98 valence electrons. The van der Waals surface area contributed by atoms with Gasteiger partial charge in [-0.3, -0.25) is 9.59 Å². The van der Waals surface area contributed by atoms with Crippen molar-refractivity contribution >= 4 is 27.7 Å². The third-order valence-corrected chi connectivity index (χ3v) is 4.53. The van der Waals surface area contributed by atoms with Crippen LogP contribution in [-0.4, -0.2) is 53.1 Å². The minimum Gasteiger partial charge on any atom is -0.347 e. The topological polar surface area (TPSA) is 40.6 Å². The molecule has 0 saturated carbocycles. The molecule has 0 spiro atoms. The Balaban J connectivity index is 2.76. The summed E-state index contributed by atoms with van der Waals surface area (Å²) in [5.74, 6) is 0.301. The molecule has 1 saturated heterocycles. The average Bonchev–Trinajstić information content (AvgIpc) is 2.74. The van der Waals surface area contributed by atoms with Crippen LogP contribution in [0.5, 0.6) is 0 Å². The SMILES string of the molecule is CC(C)C(Br)C(=O)N1CCCC1C(=O)N(C)C. The molecule has 0 aromatic rings. The molecule has 1 heterocycles. The van der Waals surface area contributed by atoms with Gasteiger partial charge in [-0.25, -0.2) is 0 Å². The van der Waals surface area contributed by atoms with Crippen molar-refractivity contribution in [1.29, 1.82) is 0 Å². The number of alkyl halides is 1. The second kappa shape index (κ2) is 5.85. The Morgan fingerprint density at radius 3 is 2.41 bits per heavy atom. The van der Waals surface area contributed by atoms with Gasteiger partial charge in [-0.15, -0.1) is 0 Å². The molecule has 1 rings (SSSR count). The van der Waals surface area contributed by atoms with E-state index in [-0.39, 0.29) is 28.6 Å². The molecule has 2 unspecified atom stereocenters. The average molecular weight is 305 g/mol. The van der Waals surface area contributed by atoms with Crippen LogP contribution in [0, 0.1) is 5.92 Å². The summed E-state index contributed by atoms with van der Waals surface area (Å²) in [4.78, 5) is 27.3. The Morgan fingerprint density at radius 2 is 1.94 bits per heavy atom. The lowest BCUT2D eigenvalue weighted by atomic mass is 10.1. The van der Waals surface area contributed by atoms with Crippen molar-refractivity contribution in [2.45, 2.75) is 37.6 Å². The largest absolute Gasteiger partial charge is 0.347 e. The number of likely N-dealkylation sites (tertiary alicyclic amines) is 1. The van der Waals surface area contributed by atoms with E-state index in [9.17, 15) is 9.59 Å². The van der Waals surface area contributed by atoms with E-state index in [1.807, 2.05) is 13.8 Å². The summed E-state index contributed by atoms with van der Waals surface area (Å²) in [6.45, 7) is 4.68. The first kappa shape index (κ1) is 14.5. The Hall–Kier alpha value is -0.580. The summed E-state index contributed by atoms with van der Waals surface area (Å²) in [6, 6.07) is -0.267. The van der Waals surface area contributed by atoms with Gasteiger partial charge in [0.15, 0.2) is 0 Å². The van der Waals surface area contributed by atoms with Gasteiger partial charge >= 0.3 is 0 Å². The zero-order valence-electron chi connectivity index (χ0n) is 10.9. The highest BCUT2D eigenvalue weighted by Gasteiger charge is 2.37. The molecule has 0 aromatic carbocycles. The first-order valence-electron chi connectivity index (χ1n) is 6.02. The maximum absolute atomic E-state index is 12.2. The molecule has 0 radical (unpaired) electrons. The number of likely N-dealkylation sites (N-methyl/N-ethyl adjacent to an activating group) is 1. The first-order valence-corrected chi connectivity index (χ1v) is 6.93. The van der Waals surface area contributed by atoms with Gasteiger partial charge in [-0.05, 0) is 18.8 Å². The van der Waals surface area contributed by atoms with Crippen molar-refractivity contribution < 1.29 is 9.59 Å². The molecule has 1 fully saturated rings. The lowest BCUT2D eigenvalue weighted by molar-refractivity contribution is -0.142. The van der Waals surface area contributed by atoms with Crippen molar-refractivity contribution in [2.75, 3.05) is 20.6 Å². The van der Waals surface area contributed by atoms with Crippen molar-refractivity contribution in [3.05, 3.63) is 0 Å². The van der Waals surface area contributed by atoms with Crippen molar-refractivity contribution in [3.63, 3.8) is 0 Å². The van der Waals surface area contributed by atoms with Crippen LogP contribution in [0.2, 0.25) is 0 Å². The van der Waals surface area contributed by atoms with Crippen molar-refractivity contribution in [2.24, 2.45) is 5.92 Å². The smallest absolute Gasteiger partial charge is 0.244 e. The number of hydrogen-bond donors (Lipinski definition) is 0. The predicted molar refractivity (Wildman–Crippen MR) is 71.0 cm³/mol. The van der Waals surface area contributed by atoms with Crippen LogP contribution in [0.15, 0.2) is 0 Å². The van der Waals surface area contributed by atoms with Gasteiger partial charge in [0.05, 0.1) is 4.83 Å². The summed E-state index contributed by atoms with van der Waals surface area (Å²) >= 11 is 3.42. The monoisotopic (exact) mass is 304 g/mol. The van der Waals surface area contributed by atoms with Gasteiger partial charge in [0.2, 0.25) is 11.8 Å². The minimum absolute atomic E-state index is 0.0271. The number of hydrogen-bond acceptors (Lipinski definition) is 2. The molecule has 5 heteroatoms. The van der Waals surface area contributed by atoms with Crippen LogP contribution in [-0.2, 0) is 9.59 Å². The zero-order chi connectivity index (χ0) is 13.2. The fraction of sp³-hybridized carbons (Fsp3) is 0.833. The molecular formula is C12H21BrN2O2. The van der Waals surface area contributed by atoms with Crippen LogP contribution in [0.4, 0.5) is 0 Å². The van der Waals surface area contributed by atoms with Crippen molar-refractivity contribution in [1.82, 2.24) is 9.80 Å². The minimum atomic E-state index is -0.267. The van der Waals surface area contributed by atoms with Crippen LogP contribution in [0.1, 0.15) is 26.7 Å². The fourth-order valence-corrected chi connectivity index (χ4v) is 2.29. The lowest BCUT2D eigenvalue weighted by Crippen LogP contribution is -2.48. The van der Waals surface area contributed by atoms with Gasteiger partial charge in [0.1, 0.15) is 6.04 Å². The normalized spacial score (nSPS) is 21.8. The van der Waals surface area contributed by atoms with Crippen molar-refractivity contribution in [3.8, 4) is 0 Å². The zero-order valence-corrected chi connectivity index (χ0v) is 12.5. The molecule has 0 bridgehead atoms. The molecule has 1 aliphatic heterocycles. The van der Waals surface area contributed by atoms with E-state index in [2.05, 4.69) is 15.9 Å². The number of nitrogens with zero attached hydrogens (tertiary/aromatic N) is 2. The summed E-state index contributed by atoms with van der Waals surface area (Å²) in [6.07, 6.45) is 1.69. The van der Waals surface area contributed by atoms with Gasteiger partial charge in [-0.1, -0.05) is 29.8 Å². The van der Waals surface area contributed by atoms with E-state index in [1.54, 1.807) is 23.9 Å². The highest BCUT2D eigenvalue weighted by atomic mass is 79.9. The predicted octanol–water partition coefficient (Wildman–Crippen LogP) is 1.49. The van der Waals surface area contributed by atoms with E-state index >= 15 is 0 Å². The van der Waals surface area contributed by atoms with Crippen LogP contribution in [0.25, 0.3) is 0 Å². The van der Waals surface area contributed by atoms with Crippen LogP contribution in [0.3, 0.4) is 0 Å². The summed E-state index contributed by atoms with van der Waals surface area (Å²) in [7, 11) is 3.47. The van der Waals surface area contributed by atoms with E-state index in [0.717, 1.165) is 12.8 Å². The van der Waals surface area contributed by atoms with Crippen LogP contribution < -0.4 is 0 Å². The first-order chi connectivity index (χ1) is 7.86. The summed E-state index contributed by atoms with van der Waals surface area (Å²) in [5, 5.41) is 0. The van der Waals surface area contributed by atoms with Crippen LogP contribution >= 0.6 is 15.9 Å². The maximum atomic E-state index is 12.2. The number of carbonyl (C=O) groups excluding carboxylic acids is 2. The quantitative estimate of drug-likeness (QED) is 0.741. The summed E-state index contributed by atoms with van der Waals surface area (Å²) in [5.41, 5.74) is 0. The van der Waals surface area contributed by atoms with E-state index in [4.69, 9.17) is 0 Å². The van der Waals surface area contributed by atoms with E-state index in [0.29, 0.717) is 6.54 Å². The Bertz CT molecular complexity index is 305. The number of rotatable bonds is 3. The third kappa shape index (κ3) is 3.21. The fourth-order valence-electron chi connectivity index (χ4n) is 2.03. The van der Waals surface area contributed by atoms with E-state index in [1.165, 1.54) is 0 Å². The molecular weight excluding hydrogens is 284 g/mol. The van der Waals surface area contributed by atoms with Gasteiger partial charge < -0.3 is 9.80 Å². The molecule has 1 aliphatic rings. The molecule has 0 N–H and O–H groups in total. The number of halogens is 1. The Morgan fingerprint density at radius 1 is 1.35 bits per heavy atom. The Kier molecular flexibility index (Phi) is 4.98. The standard InChI is InChI=1S/C12H21BrN2O2/c1-8(2)10(13)12(17)15-7-5-6-9(15)11(16)14(3)4/h8-10H,5-7H2,1-4H3. The molecule has 0 aromatic heterocycles. The molecule has 4 nitrogen and oxygen atoms in total. The lowest BCUT2D eigenvalue weighted by Gasteiger charge is -2.29. The molecule has 2 amide bonds. The highest BCUT2D eigenvalue weighted by molar-refractivity contribution is 9.10. The summed E-state index contributed by atoms with van der Waals surface area (Å²) < 4.78 is 0. The Labute approximate surface area is 111 Å². The number of carbonyl (C=O) groups is 2. The second-order valence-electron chi connectivity index (χ2n) is 5.07. The molecule has 17 heavy (non-hydrogen) atoms. The highest BCUT2D eigenvalue weighted by Crippen LogP contribution is 2.24.